The molecule has 3 N–H and O–H groups in total. The van der Waals surface area contributed by atoms with E-state index >= 15 is 0 Å². The molecule has 0 aliphatic carbocycles. The summed E-state index contributed by atoms with van der Waals surface area (Å²) < 4.78 is 0. The summed E-state index contributed by atoms with van der Waals surface area (Å²) in [5.74, 6) is 8.17. The third-order valence-corrected chi connectivity index (χ3v) is 5.27. The molecule has 1 aliphatic heterocycles. The summed E-state index contributed by atoms with van der Waals surface area (Å²) in [5.41, 5.74) is 6.34. The van der Waals surface area contributed by atoms with Crippen molar-refractivity contribution in [1.82, 2.24) is 15.3 Å². The van der Waals surface area contributed by atoms with E-state index in [4.69, 9.17) is 5.84 Å². The molecule has 0 radical (unpaired) electrons. The zero-order valence-electron chi connectivity index (χ0n) is 12.5. The first kappa shape index (κ1) is 14.8. The van der Waals surface area contributed by atoms with Gasteiger partial charge in [0.05, 0.1) is 11.6 Å². The minimum Gasteiger partial charge on any atom is -0.300 e. The fourth-order valence-corrected chi connectivity index (χ4v) is 4.20. The number of benzene rings is 1. The molecule has 2 unspecified atom stereocenters. The molecule has 1 aromatic heterocycles. The molecule has 3 rings (SSSR count). The van der Waals surface area contributed by atoms with E-state index in [0.29, 0.717) is 6.04 Å². The number of hydrogen-bond donors (Lipinski definition) is 2. The van der Waals surface area contributed by atoms with Gasteiger partial charge in [-0.3, -0.25) is 21.2 Å². The van der Waals surface area contributed by atoms with Crippen LogP contribution in [0.1, 0.15) is 17.3 Å². The molecule has 5 heteroatoms. The van der Waals surface area contributed by atoms with Gasteiger partial charge in [0, 0.05) is 35.2 Å². The van der Waals surface area contributed by atoms with Crippen LogP contribution in [0.25, 0.3) is 10.9 Å². The third-order valence-electron chi connectivity index (χ3n) is 4.22. The Morgan fingerprint density at radius 2 is 2.24 bits per heavy atom. The number of fused-ring (bicyclic) bond motifs is 1. The van der Waals surface area contributed by atoms with Crippen LogP contribution in [0.15, 0.2) is 30.3 Å². The Kier molecular flexibility index (Phi) is 4.45. The van der Waals surface area contributed by atoms with E-state index in [9.17, 15) is 0 Å². The second-order valence-electron chi connectivity index (χ2n) is 5.67. The van der Waals surface area contributed by atoms with E-state index in [1.54, 1.807) is 0 Å². The van der Waals surface area contributed by atoms with E-state index in [0.717, 1.165) is 23.5 Å². The number of thioether (sulfide) groups is 1. The number of nitrogens with two attached hydrogens (primary N) is 1. The Balaban J connectivity index is 1.94. The topological polar surface area (TPSA) is 54.2 Å². The lowest BCUT2D eigenvalue weighted by atomic mass is 9.98. The summed E-state index contributed by atoms with van der Waals surface area (Å²) in [4.78, 5) is 6.96. The van der Waals surface area contributed by atoms with Crippen LogP contribution in [0.2, 0.25) is 0 Å². The van der Waals surface area contributed by atoms with E-state index < -0.39 is 0 Å². The fraction of sp³-hybridized carbons (Fsp3) is 0.438. The van der Waals surface area contributed by atoms with Crippen LogP contribution in [-0.4, -0.2) is 41.0 Å². The monoisotopic (exact) mass is 302 g/mol. The Morgan fingerprint density at radius 1 is 1.38 bits per heavy atom. The van der Waals surface area contributed by atoms with E-state index in [1.807, 2.05) is 18.7 Å². The number of aromatic nitrogens is 1. The molecule has 1 fully saturated rings. The number of hydrogen-bond acceptors (Lipinski definition) is 5. The summed E-state index contributed by atoms with van der Waals surface area (Å²) >= 11 is 2.00. The molecular formula is C16H22N4S. The van der Waals surface area contributed by atoms with E-state index in [1.165, 1.54) is 16.7 Å². The first-order chi connectivity index (χ1) is 10.2. The van der Waals surface area contributed by atoms with Gasteiger partial charge in [-0.25, -0.2) is 0 Å². The molecule has 0 amide bonds. The molecule has 0 spiro atoms. The van der Waals surface area contributed by atoms with Crippen molar-refractivity contribution in [2.24, 2.45) is 5.84 Å². The second-order valence-corrected chi connectivity index (χ2v) is 6.82. The molecule has 0 saturated carbocycles. The van der Waals surface area contributed by atoms with Crippen molar-refractivity contribution >= 4 is 22.7 Å². The Hall–Kier alpha value is -1.14. The van der Waals surface area contributed by atoms with E-state index in [-0.39, 0.29) is 6.04 Å². The maximum atomic E-state index is 5.86. The van der Waals surface area contributed by atoms with Crippen molar-refractivity contribution in [3.05, 3.63) is 41.6 Å². The summed E-state index contributed by atoms with van der Waals surface area (Å²) in [7, 11) is 2.18. The normalized spacial score (nSPS) is 21.6. The number of likely N-dealkylation sites (N-methyl/N-ethyl adjacent to an activating group) is 1. The minimum absolute atomic E-state index is 0.147. The SMILES string of the molecule is Cc1ccc2cc(C(NN)C3CSCCN3C)ccc2n1. The lowest BCUT2D eigenvalue weighted by Gasteiger charge is -2.37. The van der Waals surface area contributed by atoms with Crippen molar-refractivity contribution < 1.29 is 0 Å². The van der Waals surface area contributed by atoms with Gasteiger partial charge in [0.15, 0.2) is 0 Å². The van der Waals surface area contributed by atoms with Crippen LogP contribution in [0.5, 0.6) is 0 Å². The number of rotatable bonds is 3. The standard InChI is InChI=1S/C16H22N4S/c1-11-3-4-12-9-13(5-6-14(12)18-11)16(19-17)15-10-21-8-7-20(15)2/h3-6,9,15-16,19H,7-8,10,17H2,1-2H3. The van der Waals surface area contributed by atoms with Crippen LogP contribution in [-0.2, 0) is 0 Å². The number of nitrogens with zero attached hydrogens (tertiary/aromatic N) is 2. The van der Waals surface area contributed by atoms with Crippen LogP contribution in [0, 0.1) is 6.92 Å². The van der Waals surface area contributed by atoms with Crippen molar-refractivity contribution in [3.8, 4) is 0 Å². The number of aryl methyl sites for hydroxylation is 1. The molecule has 1 aliphatic rings. The average Bonchev–Trinajstić information content (AvgIpc) is 2.50. The number of pyridine rings is 1. The Bertz CT molecular complexity index is 631. The third kappa shape index (κ3) is 3.06. The minimum atomic E-state index is 0.147. The van der Waals surface area contributed by atoms with Crippen molar-refractivity contribution in [3.63, 3.8) is 0 Å². The molecule has 21 heavy (non-hydrogen) atoms. The van der Waals surface area contributed by atoms with Gasteiger partial charge >= 0.3 is 0 Å². The molecule has 112 valence electrons. The van der Waals surface area contributed by atoms with Gasteiger partial charge < -0.3 is 0 Å². The Labute approximate surface area is 130 Å². The number of nitrogens with one attached hydrogen (secondary N) is 1. The zero-order valence-corrected chi connectivity index (χ0v) is 13.4. The highest BCUT2D eigenvalue weighted by Gasteiger charge is 2.28. The predicted octanol–water partition coefficient (Wildman–Crippen LogP) is 2.09. The summed E-state index contributed by atoms with van der Waals surface area (Å²) in [6.45, 7) is 3.13. The zero-order chi connectivity index (χ0) is 14.8. The average molecular weight is 302 g/mol. The van der Waals surface area contributed by atoms with Gasteiger partial charge in [0.25, 0.3) is 0 Å². The van der Waals surface area contributed by atoms with Gasteiger partial charge in [0.2, 0.25) is 0 Å². The van der Waals surface area contributed by atoms with Crippen LogP contribution in [0.4, 0.5) is 0 Å². The molecule has 1 saturated heterocycles. The first-order valence-electron chi connectivity index (χ1n) is 7.30. The molecule has 2 aromatic rings. The highest BCUT2D eigenvalue weighted by molar-refractivity contribution is 7.99. The van der Waals surface area contributed by atoms with Crippen molar-refractivity contribution in [2.45, 2.75) is 19.0 Å². The fourth-order valence-electron chi connectivity index (χ4n) is 2.93. The largest absolute Gasteiger partial charge is 0.300 e. The Morgan fingerprint density at radius 3 is 3.00 bits per heavy atom. The van der Waals surface area contributed by atoms with Crippen LogP contribution >= 0.6 is 11.8 Å². The molecule has 2 heterocycles. The van der Waals surface area contributed by atoms with Crippen molar-refractivity contribution in [1.29, 1.82) is 0 Å². The van der Waals surface area contributed by atoms with Crippen molar-refractivity contribution in [2.75, 3.05) is 25.1 Å². The summed E-state index contributed by atoms with van der Waals surface area (Å²) in [5, 5.41) is 1.17. The number of hydrazine groups is 1. The maximum Gasteiger partial charge on any atom is 0.0705 e. The summed E-state index contributed by atoms with van der Waals surface area (Å²) in [6.07, 6.45) is 0. The van der Waals surface area contributed by atoms with Crippen LogP contribution < -0.4 is 11.3 Å². The highest BCUT2D eigenvalue weighted by atomic mass is 32.2. The predicted molar refractivity (Wildman–Crippen MR) is 90.3 cm³/mol. The smallest absolute Gasteiger partial charge is 0.0705 e. The van der Waals surface area contributed by atoms with Gasteiger partial charge in [-0.2, -0.15) is 11.8 Å². The molecular weight excluding hydrogens is 280 g/mol. The quantitative estimate of drug-likeness (QED) is 0.672. The van der Waals surface area contributed by atoms with Gasteiger partial charge in [0.1, 0.15) is 0 Å². The van der Waals surface area contributed by atoms with Gasteiger partial charge in [-0.15, -0.1) is 0 Å². The van der Waals surface area contributed by atoms with E-state index in [2.05, 4.69) is 52.7 Å². The molecule has 1 aromatic carbocycles. The molecule has 2 atom stereocenters. The maximum absolute atomic E-state index is 5.86. The summed E-state index contributed by atoms with van der Waals surface area (Å²) in [6, 6.07) is 11.2. The lowest BCUT2D eigenvalue weighted by molar-refractivity contribution is 0.216. The molecule has 0 bridgehead atoms. The molecule has 4 nitrogen and oxygen atoms in total. The second kappa shape index (κ2) is 6.32. The van der Waals surface area contributed by atoms with Gasteiger partial charge in [-0.05, 0) is 37.7 Å². The first-order valence-corrected chi connectivity index (χ1v) is 8.46. The highest BCUT2D eigenvalue weighted by Crippen LogP contribution is 2.28. The van der Waals surface area contributed by atoms with Gasteiger partial charge in [-0.1, -0.05) is 12.1 Å². The lowest BCUT2D eigenvalue weighted by Crippen LogP contribution is -2.49. The van der Waals surface area contributed by atoms with Crippen LogP contribution in [0.3, 0.4) is 0 Å².